The molecule has 2 aliphatic heterocycles. The number of sulfone groups is 1. The predicted molar refractivity (Wildman–Crippen MR) is 64.7 cm³/mol. The van der Waals surface area contributed by atoms with E-state index in [2.05, 4.69) is 0 Å². The highest BCUT2D eigenvalue weighted by atomic mass is 32.2. The van der Waals surface area contributed by atoms with Crippen LogP contribution in [-0.2, 0) is 19.4 Å². The van der Waals surface area contributed by atoms with Crippen molar-refractivity contribution >= 4 is 21.7 Å². The molecule has 2 saturated heterocycles. The Balaban J connectivity index is 2.63. The second kappa shape index (κ2) is 4.29. The third kappa shape index (κ3) is 1.46. The fourth-order valence-electron chi connectivity index (χ4n) is 2.80. The quantitative estimate of drug-likeness (QED) is 0.477. The fourth-order valence-corrected chi connectivity index (χ4v) is 5.27. The Labute approximate surface area is 114 Å². The van der Waals surface area contributed by atoms with Gasteiger partial charge in [0.15, 0.2) is 15.9 Å². The predicted octanol–water partition coefficient (Wildman–Crippen LogP) is -1.52. The largest absolute Gasteiger partial charge is 0.480 e. The maximum Gasteiger partial charge on any atom is 0.328 e. The van der Waals surface area contributed by atoms with Crippen LogP contribution in [0, 0.1) is 17.2 Å². The average Bonchev–Trinajstić information content (AvgIpc) is 2.52. The molecule has 0 radical (unpaired) electrons. The van der Waals surface area contributed by atoms with Crippen LogP contribution in [0.25, 0.3) is 0 Å². The summed E-state index contributed by atoms with van der Waals surface area (Å²) in [5.41, 5.74) is 0. The monoisotopic (exact) mass is 300 g/mol. The summed E-state index contributed by atoms with van der Waals surface area (Å²) in [6.07, 6.45) is 1.87. The van der Waals surface area contributed by atoms with E-state index in [0.29, 0.717) is 0 Å². The first-order chi connectivity index (χ1) is 9.24. The minimum atomic E-state index is -4.06. The van der Waals surface area contributed by atoms with Crippen LogP contribution in [0.1, 0.15) is 6.92 Å². The number of aliphatic hydroxyl groups is 1. The summed E-state index contributed by atoms with van der Waals surface area (Å²) in [5, 5.41) is 25.5. The zero-order chi connectivity index (χ0) is 15.3. The zero-order valence-electron chi connectivity index (χ0n) is 10.4. The van der Waals surface area contributed by atoms with Crippen molar-refractivity contribution in [1.29, 1.82) is 5.26 Å². The van der Waals surface area contributed by atoms with Crippen LogP contribution in [0.15, 0.2) is 12.2 Å². The Bertz CT molecular complexity index is 648. The van der Waals surface area contributed by atoms with Gasteiger partial charge in [0.1, 0.15) is 10.1 Å². The average molecular weight is 300 g/mol. The summed E-state index contributed by atoms with van der Waals surface area (Å²) in [7, 11) is -4.06. The van der Waals surface area contributed by atoms with Gasteiger partial charge in [-0.1, -0.05) is 6.08 Å². The van der Waals surface area contributed by atoms with Crippen molar-refractivity contribution in [3.05, 3.63) is 12.2 Å². The minimum absolute atomic E-state index is 0.663. The Kier molecular flexibility index (Phi) is 3.11. The van der Waals surface area contributed by atoms with Crippen molar-refractivity contribution < 1.29 is 28.2 Å². The van der Waals surface area contributed by atoms with Crippen LogP contribution in [-0.4, -0.2) is 58.2 Å². The number of aliphatic carboxylic acids is 1. The maximum atomic E-state index is 12.5. The van der Waals surface area contributed by atoms with Gasteiger partial charge in [-0.3, -0.25) is 4.79 Å². The number of amides is 1. The molecular weight excluding hydrogens is 288 g/mol. The van der Waals surface area contributed by atoms with Crippen LogP contribution in [0.2, 0.25) is 0 Å². The second-order valence-corrected chi connectivity index (χ2v) is 7.31. The Hall–Kier alpha value is -1.92. The number of carbonyl (C=O) groups excluding carboxylic acids is 1. The molecule has 2 fully saturated rings. The summed E-state index contributed by atoms with van der Waals surface area (Å²) < 4.78 is 23.1. The van der Waals surface area contributed by atoms with Crippen LogP contribution < -0.4 is 0 Å². The standard InChI is InChI=1S/C11H12N2O6S/c1-11(3-2-4-12)7(10(16)17)13-8(15)6(5-14)9(13)20(11,18)19/h2-3,6-7,9,14H,5H2,1H3,(H,16,17)/b3-2+/t6-,7+,9-,11+/m1/s1. The van der Waals surface area contributed by atoms with Crippen molar-refractivity contribution in [2.45, 2.75) is 23.1 Å². The number of carbonyl (C=O) groups is 2. The lowest BCUT2D eigenvalue weighted by Gasteiger charge is -2.41. The number of β-lactam (4-membered cyclic amide) rings is 1. The number of carboxylic acids is 1. The smallest absolute Gasteiger partial charge is 0.328 e. The molecule has 0 aliphatic carbocycles. The molecule has 0 bridgehead atoms. The summed E-state index contributed by atoms with van der Waals surface area (Å²) in [5.74, 6) is -3.31. The topological polar surface area (TPSA) is 136 Å². The van der Waals surface area contributed by atoms with Crippen molar-refractivity contribution in [2.75, 3.05) is 6.61 Å². The summed E-state index contributed by atoms with van der Waals surface area (Å²) in [6.45, 7) is 0.499. The molecule has 0 aromatic rings. The van der Waals surface area contributed by atoms with Crippen LogP contribution in [0.5, 0.6) is 0 Å². The van der Waals surface area contributed by atoms with Crippen molar-refractivity contribution in [3.8, 4) is 6.07 Å². The second-order valence-electron chi connectivity index (χ2n) is 4.86. The van der Waals surface area contributed by atoms with E-state index in [9.17, 15) is 23.1 Å². The third-order valence-corrected chi connectivity index (χ3v) is 6.64. The highest BCUT2D eigenvalue weighted by Crippen LogP contribution is 2.49. The molecule has 0 unspecified atom stereocenters. The van der Waals surface area contributed by atoms with E-state index in [1.807, 2.05) is 0 Å². The van der Waals surface area contributed by atoms with Gasteiger partial charge in [0.2, 0.25) is 5.91 Å². The number of carboxylic acid groups (broad SMARTS) is 1. The number of rotatable bonds is 3. The summed E-state index contributed by atoms with van der Waals surface area (Å²) in [6, 6.07) is 0.0131. The molecule has 8 nitrogen and oxygen atoms in total. The van der Waals surface area contributed by atoms with E-state index < -0.39 is 50.4 Å². The zero-order valence-corrected chi connectivity index (χ0v) is 11.2. The first-order valence-electron chi connectivity index (χ1n) is 5.70. The number of hydrogen-bond acceptors (Lipinski definition) is 6. The number of fused-ring (bicyclic) bond motifs is 1. The van der Waals surface area contributed by atoms with Gasteiger partial charge in [-0.2, -0.15) is 5.26 Å². The first kappa shape index (κ1) is 14.5. The molecule has 0 saturated carbocycles. The Morgan fingerprint density at radius 1 is 1.60 bits per heavy atom. The third-order valence-electron chi connectivity index (χ3n) is 3.86. The summed E-state index contributed by atoms with van der Waals surface area (Å²) >= 11 is 0. The lowest BCUT2D eigenvalue weighted by atomic mass is 9.91. The van der Waals surface area contributed by atoms with Crippen LogP contribution in [0.3, 0.4) is 0 Å². The van der Waals surface area contributed by atoms with E-state index in [1.165, 1.54) is 0 Å². The molecule has 0 spiro atoms. The van der Waals surface area contributed by atoms with E-state index in [4.69, 9.17) is 10.4 Å². The number of hydrogen-bond donors (Lipinski definition) is 2. The molecule has 108 valence electrons. The van der Waals surface area contributed by atoms with Crippen molar-refractivity contribution in [1.82, 2.24) is 4.90 Å². The first-order valence-corrected chi connectivity index (χ1v) is 7.25. The maximum absolute atomic E-state index is 12.5. The number of nitrogens with zero attached hydrogens (tertiary/aromatic N) is 2. The van der Waals surface area contributed by atoms with E-state index >= 15 is 0 Å². The SMILES string of the molecule is C[C@]1(/C=C/C#N)[C@H](C(=O)O)N2C(=O)[C@@H](CO)[C@H]2S1(=O)=O. The molecule has 2 aliphatic rings. The molecule has 0 aromatic carbocycles. The fraction of sp³-hybridized carbons (Fsp3) is 0.545. The van der Waals surface area contributed by atoms with Gasteiger partial charge in [-0.15, -0.1) is 0 Å². The van der Waals surface area contributed by atoms with Crippen LogP contribution in [0.4, 0.5) is 0 Å². The Morgan fingerprint density at radius 2 is 2.20 bits per heavy atom. The lowest BCUT2D eigenvalue weighted by Crippen LogP contribution is -2.64. The molecule has 9 heteroatoms. The number of nitriles is 1. The van der Waals surface area contributed by atoms with Gasteiger partial charge in [0.25, 0.3) is 0 Å². The highest BCUT2D eigenvalue weighted by molar-refractivity contribution is 7.94. The van der Waals surface area contributed by atoms with Gasteiger partial charge in [0, 0.05) is 6.08 Å². The number of allylic oxidation sites excluding steroid dienone is 1. The van der Waals surface area contributed by atoms with E-state index in [0.717, 1.165) is 24.0 Å². The molecule has 2 heterocycles. The molecule has 2 rings (SSSR count). The van der Waals surface area contributed by atoms with E-state index in [1.54, 1.807) is 6.07 Å². The van der Waals surface area contributed by atoms with Gasteiger partial charge >= 0.3 is 5.97 Å². The normalized spacial score (nSPS) is 38.4. The minimum Gasteiger partial charge on any atom is -0.480 e. The molecule has 2 N–H and O–H groups in total. The van der Waals surface area contributed by atoms with E-state index in [-0.39, 0.29) is 0 Å². The van der Waals surface area contributed by atoms with Gasteiger partial charge in [-0.05, 0) is 6.92 Å². The van der Waals surface area contributed by atoms with Crippen LogP contribution >= 0.6 is 0 Å². The van der Waals surface area contributed by atoms with Gasteiger partial charge in [0.05, 0.1) is 18.6 Å². The molecule has 4 atom stereocenters. The molecule has 20 heavy (non-hydrogen) atoms. The van der Waals surface area contributed by atoms with Crippen molar-refractivity contribution in [2.24, 2.45) is 5.92 Å². The van der Waals surface area contributed by atoms with Crippen molar-refractivity contribution in [3.63, 3.8) is 0 Å². The van der Waals surface area contributed by atoms with Gasteiger partial charge in [-0.25, -0.2) is 13.2 Å². The Morgan fingerprint density at radius 3 is 2.65 bits per heavy atom. The molecular formula is C11H12N2O6S. The molecule has 0 aromatic heterocycles. The summed E-state index contributed by atoms with van der Waals surface area (Å²) in [4.78, 5) is 23.9. The lowest BCUT2D eigenvalue weighted by molar-refractivity contribution is -0.164. The highest BCUT2D eigenvalue weighted by Gasteiger charge is 2.72. The number of aliphatic hydroxyl groups excluding tert-OH is 1. The molecule has 1 amide bonds. The van der Waals surface area contributed by atoms with Gasteiger partial charge < -0.3 is 15.1 Å².